The van der Waals surface area contributed by atoms with Gasteiger partial charge >= 0.3 is 0 Å². The van der Waals surface area contributed by atoms with Gasteiger partial charge in [0.15, 0.2) is 0 Å². The van der Waals surface area contributed by atoms with Crippen molar-refractivity contribution in [2.45, 2.75) is 20.0 Å². The van der Waals surface area contributed by atoms with Crippen molar-refractivity contribution in [2.75, 3.05) is 17.2 Å². The fraction of sp³-hybridized carbons (Fsp3) is 0.222. The summed E-state index contributed by atoms with van der Waals surface area (Å²) in [5.41, 5.74) is 1.08. The predicted molar refractivity (Wildman–Crippen MR) is 97.3 cm³/mol. The summed E-state index contributed by atoms with van der Waals surface area (Å²) in [6, 6.07) is 11.4. The molecule has 0 aliphatic heterocycles. The van der Waals surface area contributed by atoms with E-state index < -0.39 is 12.0 Å². The molecule has 25 heavy (non-hydrogen) atoms. The maximum Gasteiger partial charge on any atom is 0.255 e. The van der Waals surface area contributed by atoms with Crippen molar-refractivity contribution in [3.8, 4) is 5.75 Å². The molecule has 0 aliphatic carbocycles. The minimum absolute atomic E-state index is 0.352. The van der Waals surface area contributed by atoms with Gasteiger partial charge in [0.2, 0.25) is 0 Å². The van der Waals surface area contributed by atoms with E-state index >= 15 is 0 Å². The number of ether oxygens (including phenoxy) is 1. The molecule has 0 bridgehead atoms. The lowest BCUT2D eigenvalue weighted by atomic mass is 10.2. The molecule has 0 radical (unpaired) electrons. The molecule has 132 valence electrons. The van der Waals surface area contributed by atoms with Crippen molar-refractivity contribution in [3.63, 3.8) is 0 Å². The number of halogens is 1. The van der Waals surface area contributed by atoms with E-state index in [0.717, 1.165) is 0 Å². The summed E-state index contributed by atoms with van der Waals surface area (Å²) in [5.74, 6) is -0.426. The van der Waals surface area contributed by atoms with Crippen LogP contribution in [0.2, 0.25) is 5.02 Å². The molecule has 7 heteroatoms. The first-order valence-electron chi connectivity index (χ1n) is 7.73. The summed E-state index contributed by atoms with van der Waals surface area (Å²) in [6.45, 7) is 3.66. The zero-order valence-electron chi connectivity index (χ0n) is 13.9. The first kappa shape index (κ1) is 18.8. The summed E-state index contributed by atoms with van der Waals surface area (Å²) >= 11 is 5.91. The zero-order chi connectivity index (χ0) is 18.4. The van der Waals surface area contributed by atoms with Crippen molar-refractivity contribution < 1.29 is 19.4 Å². The number of hydrogen-bond acceptors (Lipinski definition) is 4. The molecular formula is C18H19ClN2O4. The molecule has 0 saturated heterocycles. The predicted octanol–water partition coefficient (Wildman–Crippen LogP) is 3.31. The zero-order valence-corrected chi connectivity index (χ0v) is 14.6. The van der Waals surface area contributed by atoms with Crippen LogP contribution in [0.3, 0.4) is 0 Å². The van der Waals surface area contributed by atoms with Crippen molar-refractivity contribution in [1.82, 2.24) is 0 Å². The van der Waals surface area contributed by atoms with Crippen LogP contribution in [0.1, 0.15) is 24.2 Å². The second kappa shape index (κ2) is 8.50. The Morgan fingerprint density at radius 3 is 2.56 bits per heavy atom. The monoisotopic (exact) mass is 362 g/mol. The molecule has 0 spiro atoms. The highest BCUT2D eigenvalue weighted by atomic mass is 35.5. The van der Waals surface area contributed by atoms with E-state index in [4.69, 9.17) is 16.3 Å². The molecule has 1 unspecified atom stereocenters. The first-order chi connectivity index (χ1) is 11.9. The number of nitrogens with one attached hydrogen (secondary N) is 2. The van der Waals surface area contributed by atoms with Crippen LogP contribution in [-0.4, -0.2) is 29.6 Å². The largest absolute Gasteiger partial charge is 0.494 e. The highest BCUT2D eigenvalue weighted by molar-refractivity contribution is 6.31. The van der Waals surface area contributed by atoms with Gasteiger partial charge in [-0.05, 0) is 44.2 Å². The lowest BCUT2D eigenvalue weighted by Crippen LogP contribution is -2.25. The lowest BCUT2D eigenvalue weighted by Gasteiger charge is -2.15. The lowest BCUT2D eigenvalue weighted by molar-refractivity contribution is -0.123. The van der Waals surface area contributed by atoms with Gasteiger partial charge < -0.3 is 20.5 Å². The van der Waals surface area contributed by atoms with Crippen LogP contribution in [0, 0.1) is 0 Å². The van der Waals surface area contributed by atoms with E-state index in [1.54, 1.807) is 36.4 Å². The van der Waals surface area contributed by atoms with Crippen molar-refractivity contribution in [3.05, 3.63) is 53.1 Å². The van der Waals surface area contributed by atoms with Gasteiger partial charge in [0, 0.05) is 16.7 Å². The Morgan fingerprint density at radius 2 is 1.92 bits per heavy atom. The van der Waals surface area contributed by atoms with E-state index in [-0.39, 0.29) is 5.91 Å². The van der Waals surface area contributed by atoms with Gasteiger partial charge in [-0.2, -0.15) is 0 Å². The molecule has 6 nitrogen and oxygen atoms in total. The van der Waals surface area contributed by atoms with E-state index in [1.165, 1.54) is 13.0 Å². The normalized spacial score (nSPS) is 11.5. The number of carbonyl (C=O) groups is 2. The number of aliphatic hydroxyl groups excluding tert-OH is 1. The highest BCUT2D eigenvalue weighted by Crippen LogP contribution is 2.28. The number of benzene rings is 2. The summed E-state index contributed by atoms with van der Waals surface area (Å²) in [6.07, 6.45) is -1.18. The van der Waals surface area contributed by atoms with Gasteiger partial charge in [-0.3, -0.25) is 9.59 Å². The van der Waals surface area contributed by atoms with Crippen LogP contribution in [-0.2, 0) is 4.79 Å². The third-order valence-electron chi connectivity index (χ3n) is 3.27. The topological polar surface area (TPSA) is 87.7 Å². The Kier molecular flexibility index (Phi) is 6.38. The first-order valence-corrected chi connectivity index (χ1v) is 8.11. The van der Waals surface area contributed by atoms with Crippen molar-refractivity contribution in [2.24, 2.45) is 0 Å². The summed E-state index contributed by atoms with van der Waals surface area (Å²) in [7, 11) is 0. The number of hydrogen-bond donors (Lipinski definition) is 3. The Morgan fingerprint density at radius 1 is 1.16 bits per heavy atom. The van der Waals surface area contributed by atoms with Gasteiger partial charge in [0.1, 0.15) is 11.9 Å². The summed E-state index contributed by atoms with van der Waals surface area (Å²) in [5, 5.41) is 15.1. The van der Waals surface area contributed by atoms with Crippen molar-refractivity contribution in [1.29, 1.82) is 0 Å². The van der Waals surface area contributed by atoms with Crippen LogP contribution in [0.15, 0.2) is 42.5 Å². The van der Waals surface area contributed by atoms with E-state index in [0.29, 0.717) is 34.3 Å². The molecule has 0 aromatic heterocycles. The average Bonchev–Trinajstić information content (AvgIpc) is 2.57. The standard InChI is InChI=1S/C18H19ClN2O4/c1-3-25-14-7-8-15(20-17(23)11(2)22)16(10-14)21-18(24)12-5-4-6-13(19)9-12/h4-11,22H,3H2,1-2H3,(H,20,23)(H,21,24). The van der Waals surface area contributed by atoms with E-state index in [9.17, 15) is 14.7 Å². The molecule has 0 heterocycles. The molecule has 3 N–H and O–H groups in total. The van der Waals surface area contributed by atoms with Gasteiger partial charge in [-0.1, -0.05) is 17.7 Å². The third kappa shape index (κ3) is 5.20. The Balaban J connectivity index is 2.30. The number of carbonyl (C=O) groups excluding carboxylic acids is 2. The fourth-order valence-electron chi connectivity index (χ4n) is 2.05. The average molecular weight is 363 g/mol. The Labute approximate surface area is 150 Å². The second-order valence-electron chi connectivity index (χ2n) is 5.27. The molecule has 0 saturated carbocycles. The molecular weight excluding hydrogens is 344 g/mol. The molecule has 2 aromatic carbocycles. The maximum atomic E-state index is 12.4. The van der Waals surface area contributed by atoms with Crippen LogP contribution in [0.4, 0.5) is 11.4 Å². The smallest absolute Gasteiger partial charge is 0.255 e. The highest BCUT2D eigenvalue weighted by Gasteiger charge is 2.15. The maximum absolute atomic E-state index is 12.4. The minimum Gasteiger partial charge on any atom is -0.494 e. The molecule has 0 aliphatic rings. The number of amides is 2. The van der Waals surface area contributed by atoms with Crippen LogP contribution in [0.25, 0.3) is 0 Å². The molecule has 2 rings (SSSR count). The van der Waals surface area contributed by atoms with Gasteiger partial charge in [0.25, 0.3) is 11.8 Å². The molecule has 2 aromatic rings. The van der Waals surface area contributed by atoms with E-state index in [2.05, 4.69) is 10.6 Å². The second-order valence-corrected chi connectivity index (χ2v) is 5.71. The van der Waals surface area contributed by atoms with E-state index in [1.807, 2.05) is 6.92 Å². The van der Waals surface area contributed by atoms with Crippen molar-refractivity contribution >= 4 is 34.8 Å². The number of aliphatic hydroxyl groups is 1. The molecule has 2 amide bonds. The minimum atomic E-state index is -1.18. The van der Waals surface area contributed by atoms with Crippen LogP contribution < -0.4 is 15.4 Å². The summed E-state index contributed by atoms with van der Waals surface area (Å²) < 4.78 is 5.43. The van der Waals surface area contributed by atoms with Crippen LogP contribution in [0.5, 0.6) is 5.75 Å². The number of rotatable bonds is 6. The third-order valence-corrected chi connectivity index (χ3v) is 3.51. The molecule has 1 atom stereocenters. The Hall–Kier alpha value is -2.57. The molecule has 0 fully saturated rings. The fourth-order valence-corrected chi connectivity index (χ4v) is 2.24. The van der Waals surface area contributed by atoms with Gasteiger partial charge in [-0.25, -0.2) is 0 Å². The van der Waals surface area contributed by atoms with Gasteiger partial charge in [0.05, 0.1) is 18.0 Å². The Bertz CT molecular complexity index is 777. The SMILES string of the molecule is CCOc1ccc(NC(=O)C(C)O)c(NC(=O)c2cccc(Cl)c2)c1. The number of anilines is 2. The van der Waals surface area contributed by atoms with Gasteiger partial charge in [-0.15, -0.1) is 0 Å². The summed E-state index contributed by atoms with van der Waals surface area (Å²) in [4.78, 5) is 24.2. The van der Waals surface area contributed by atoms with Crippen LogP contribution >= 0.6 is 11.6 Å². The quantitative estimate of drug-likeness (QED) is 0.735.